The number of anilines is 1. The van der Waals surface area contributed by atoms with E-state index in [1.54, 1.807) is 19.1 Å². The van der Waals surface area contributed by atoms with E-state index in [0.717, 1.165) is 29.5 Å². The number of nitrogens with zero attached hydrogens (tertiary/aromatic N) is 1. The van der Waals surface area contributed by atoms with Crippen molar-refractivity contribution in [2.24, 2.45) is 5.14 Å². The number of nitrogens with two attached hydrogens (primary N) is 1. The highest BCUT2D eigenvalue weighted by Crippen LogP contribution is 2.31. The number of amides is 1. The van der Waals surface area contributed by atoms with Gasteiger partial charge in [-0.1, -0.05) is 32.0 Å². The molecule has 0 heterocycles. The van der Waals surface area contributed by atoms with Crippen LogP contribution in [-0.2, 0) is 34.1 Å². The second kappa shape index (κ2) is 10.5. The summed E-state index contributed by atoms with van der Waals surface area (Å²) in [6.45, 7) is 5.75. The van der Waals surface area contributed by atoms with Gasteiger partial charge in [-0.15, -0.1) is 0 Å². The molecule has 0 atom stereocenters. The van der Waals surface area contributed by atoms with Gasteiger partial charge in [0.1, 0.15) is 11.5 Å². The van der Waals surface area contributed by atoms with Crippen LogP contribution in [0.15, 0.2) is 59.5 Å². The van der Waals surface area contributed by atoms with Crippen molar-refractivity contribution in [2.45, 2.75) is 44.9 Å². The third-order valence-corrected chi connectivity index (χ3v) is 6.39. The Labute approximate surface area is 200 Å². The van der Waals surface area contributed by atoms with Crippen LogP contribution in [-0.4, -0.2) is 14.3 Å². The lowest BCUT2D eigenvalue weighted by Crippen LogP contribution is -2.16. The molecule has 0 aromatic heterocycles. The largest absolute Gasteiger partial charge is 0.457 e. The van der Waals surface area contributed by atoms with Crippen molar-refractivity contribution in [1.29, 1.82) is 5.26 Å². The SMILES string of the molecule is CCc1ccc(C#N)cc1Oc1cc(CC(=O)Nc2ccc(S(N)(=O)=O)cc2C)ccc1CC. The van der Waals surface area contributed by atoms with Crippen LogP contribution >= 0.6 is 0 Å². The van der Waals surface area contributed by atoms with Gasteiger partial charge in [-0.05, 0) is 78.4 Å². The van der Waals surface area contributed by atoms with Crippen LogP contribution in [0.3, 0.4) is 0 Å². The predicted molar refractivity (Wildman–Crippen MR) is 131 cm³/mol. The summed E-state index contributed by atoms with van der Waals surface area (Å²) < 4.78 is 29.2. The predicted octanol–water partition coefficient (Wildman–Crippen LogP) is 4.61. The quantitative estimate of drug-likeness (QED) is 0.490. The van der Waals surface area contributed by atoms with E-state index in [0.29, 0.717) is 28.3 Å². The average molecular weight is 478 g/mol. The molecule has 7 nitrogen and oxygen atoms in total. The summed E-state index contributed by atoms with van der Waals surface area (Å²) >= 11 is 0. The molecule has 3 rings (SSSR count). The normalized spacial score (nSPS) is 11.0. The molecule has 0 aliphatic carbocycles. The smallest absolute Gasteiger partial charge is 0.238 e. The standard InChI is InChI=1S/C26H27N3O4S/c1-4-20-8-6-18(13-24(20)33-25-14-19(16-27)7-9-21(25)5-2)15-26(30)29-23-11-10-22(12-17(23)3)34(28,31)32/h6-14H,4-5,15H2,1-3H3,(H,29,30)(H2,28,31,32). The van der Waals surface area contributed by atoms with Crippen LogP contribution < -0.4 is 15.2 Å². The lowest BCUT2D eigenvalue weighted by molar-refractivity contribution is -0.115. The molecule has 0 aliphatic rings. The van der Waals surface area contributed by atoms with Crippen LogP contribution in [0.1, 0.15) is 41.7 Å². The molecular weight excluding hydrogens is 450 g/mol. The first-order valence-electron chi connectivity index (χ1n) is 10.9. The Morgan fingerprint density at radius 1 is 1.00 bits per heavy atom. The van der Waals surface area contributed by atoms with Crippen LogP contribution in [0.2, 0.25) is 0 Å². The van der Waals surface area contributed by atoms with Crippen molar-refractivity contribution >= 4 is 21.6 Å². The maximum absolute atomic E-state index is 12.7. The molecule has 0 bridgehead atoms. The van der Waals surface area contributed by atoms with E-state index in [1.165, 1.54) is 18.2 Å². The second-order valence-corrected chi connectivity index (χ2v) is 9.49. The first-order valence-corrected chi connectivity index (χ1v) is 12.4. The number of rotatable bonds is 8. The number of nitriles is 1. The molecule has 8 heteroatoms. The van der Waals surface area contributed by atoms with E-state index in [-0.39, 0.29) is 17.2 Å². The van der Waals surface area contributed by atoms with Crippen molar-refractivity contribution in [2.75, 3.05) is 5.32 Å². The number of carbonyl (C=O) groups is 1. The summed E-state index contributed by atoms with van der Waals surface area (Å²) in [6.07, 6.45) is 1.61. The molecule has 1 amide bonds. The minimum Gasteiger partial charge on any atom is -0.457 e. The van der Waals surface area contributed by atoms with Gasteiger partial charge in [-0.3, -0.25) is 4.79 Å². The highest BCUT2D eigenvalue weighted by Gasteiger charge is 2.14. The lowest BCUT2D eigenvalue weighted by Gasteiger charge is -2.15. The van der Waals surface area contributed by atoms with Gasteiger partial charge in [0.15, 0.2) is 0 Å². The Morgan fingerprint density at radius 2 is 1.65 bits per heavy atom. The van der Waals surface area contributed by atoms with Gasteiger partial charge in [0, 0.05) is 5.69 Å². The number of hydrogen-bond donors (Lipinski definition) is 2. The summed E-state index contributed by atoms with van der Waals surface area (Å²) in [4.78, 5) is 12.7. The van der Waals surface area contributed by atoms with E-state index < -0.39 is 10.0 Å². The molecule has 0 aliphatic heterocycles. The molecule has 0 spiro atoms. The van der Waals surface area contributed by atoms with Crippen molar-refractivity contribution < 1.29 is 17.9 Å². The van der Waals surface area contributed by atoms with Crippen LogP contribution in [0.5, 0.6) is 11.5 Å². The van der Waals surface area contributed by atoms with Gasteiger partial charge in [0.25, 0.3) is 0 Å². The molecule has 0 unspecified atom stereocenters. The van der Waals surface area contributed by atoms with Crippen molar-refractivity contribution in [1.82, 2.24) is 0 Å². The second-order valence-electron chi connectivity index (χ2n) is 7.93. The molecule has 3 N–H and O–H groups in total. The highest BCUT2D eigenvalue weighted by molar-refractivity contribution is 7.89. The fraction of sp³-hybridized carbons (Fsp3) is 0.231. The minimum absolute atomic E-state index is 0.00754. The van der Waals surface area contributed by atoms with E-state index in [2.05, 4.69) is 11.4 Å². The summed E-state index contributed by atoms with van der Waals surface area (Å²) in [7, 11) is -3.81. The molecule has 3 aromatic carbocycles. The fourth-order valence-corrected chi connectivity index (χ4v) is 4.16. The number of sulfonamides is 1. The topological polar surface area (TPSA) is 122 Å². The molecule has 34 heavy (non-hydrogen) atoms. The Balaban J connectivity index is 1.81. The molecule has 0 radical (unpaired) electrons. The van der Waals surface area contributed by atoms with E-state index in [1.807, 2.05) is 38.1 Å². The zero-order chi connectivity index (χ0) is 24.9. The van der Waals surface area contributed by atoms with Crippen molar-refractivity contribution in [3.05, 3.63) is 82.4 Å². The molecule has 0 saturated carbocycles. The summed E-state index contributed by atoms with van der Waals surface area (Å²) in [5.41, 5.74) is 4.36. The maximum atomic E-state index is 12.7. The van der Waals surface area contributed by atoms with Crippen molar-refractivity contribution in [3.63, 3.8) is 0 Å². The number of aryl methyl sites for hydroxylation is 3. The zero-order valence-corrected chi connectivity index (χ0v) is 20.2. The van der Waals surface area contributed by atoms with E-state index in [4.69, 9.17) is 9.88 Å². The fourth-order valence-electron chi connectivity index (χ4n) is 3.56. The summed E-state index contributed by atoms with van der Waals surface area (Å²) in [5.74, 6) is 1.03. The summed E-state index contributed by atoms with van der Waals surface area (Å²) in [6, 6.07) is 17.5. The molecular formula is C26H27N3O4S. The van der Waals surface area contributed by atoms with E-state index >= 15 is 0 Å². The van der Waals surface area contributed by atoms with Crippen LogP contribution in [0.25, 0.3) is 0 Å². The number of ether oxygens (including phenoxy) is 1. The van der Waals surface area contributed by atoms with Gasteiger partial charge in [-0.2, -0.15) is 5.26 Å². The highest BCUT2D eigenvalue weighted by atomic mass is 32.2. The number of hydrogen-bond acceptors (Lipinski definition) is 5. The first-order chi connectivity index (χ1) is 16.1. The third-order valence-electron chi connectivity index (χ3n) is 5.47. The van der Waals surface area contributed by atoms with Crippen LogP contribution in [0.4, 0.5) is 5.69 Å². The number of nitrogens with one attached hydrogen (secondary N) is 1. The maximum Gasteiger partial charge on any atom is 0.238 e. The molecule has 0 fully saturated rings. The monoisotopic (exact) mass is 477 g/mol. The van der Waals surface area contributed by atoms with Crippen LogP contribution in [0, 0.1) is 18.3 Å². The average Bonchev–Trinajstić information content (AvgIpc) is 2.79. The summed E-state index contributed by atoms with van der Waals surface area (Å²) in [5, 5.41) is 17.2. The molecule has 0 saturated heterocycles. The number of benzene rings is 3. The Kier molecular flexibility index (Phi) is 7.72. The van der Waals surface area contributed by atoms with Gasteiger partial charge in [0.05, 0.1) is 22.9 Å². The van der Waals surface area contributed by atoms with Gasteiger partial charge < -0.3 is 10.1 Å². The zero-order valence-electron chi connectivity index (χ0n) is 19.4. The minimum atomic E-state index is -3.81. The first kappa shape index (κ1) is 25.0. The van der Waals surface area contributed by atoms with Gasteiger partial charge >= 0.3 is 0 Å². The van der Waals surface area contributed by atoms with Crippen molar-refractivity contribution in [3.8, 4) is 17.6 Å². The Morgan fingerprint density at radius 3 is 2.24 bits per heavy atom. The van der Waals surface area contributed by atoms with Gasteiger partial charge in [-0.25, -0.2) is 13.6 Å². The van der Waals surface area contributed by atoms with Gasteiger partial charge in [0.2, 0.25) is 15.9 Å². The number of primary sulfonamides is 1. The number of carbonyl (C=O) groups excluding carboxylic acids is 1. The third kappa shape index (κ3) is 6.01. The van der Waals surface area contributed by atoms with E-state index in [9.17, 15) is 18.5 Å². The molecule has 176 valence electrons. The molecule has 3 aromatic rings. The lowest BCUT2D eigenvalue weighted by atomic mass is 10.0. The Hall–Kier alpha value is -3.67. The Bertz CT molecular complexity index is 1380.